The average molecular weight is 413 g/mol. The SMILES string of the molecule is CC1(C)NC(=O)N(CCCSc2ncnc3sc(-c4ccccc4)cc23)C1=O. The molecule has 1 fully saturated rings. The lowest BCUT2D eigenvalue weighted by atomic mass is 10.1. The molecule has 1 N–H and O–H groups in total. The van der Waals surface area contributed by atoms with Crippen LogP contribution in [0.2, 0.25) is 0 Å². The smallest absolute Gasteiger partial charge is 0.324 e. The second kappa shape index (κ2) is 7.52. The van der Waals surface area contributed by atoms with Gasteiger partial charge in [-0.15, -0.1) is 23.1 Å². The molecule has 3 aromatic rings. The van der Waals surface area contributed by atoms with Crippen LogP contribution in [0.15, 0.2) is 47.8 Å². The predicted octanol–water partition coefficient (Wildman–Crippen LogP) is 4.17. The first-order chi connectivity index (χ1) is 13.5. The van der Waals surface area contributed by atoms with E-state index in [1.54, 1.807) is 43.3 Å². The van der Waals surface area contributed by atoms with Crippen LogP contribution in [-0.2, 0) is 4.79 Å². The first kappa shape index (κ1) is 18.9. The number of thiophene rings is 1. The van der Waals surface area contributed by atoms with Crippen molar-refractivity contribution in [2.45, 2.75) is 30.8 Å². The van der Waals surface area contributed by atoms with E-state index >= 15 is 0 Å². The highest BCUT2D eigenvalue weighted by Gasteiger charge is 2.43. The van der Waals surface area contributed by atoms with Crippen LogP contribution in [0, 0.1) is 0 Å². The summed E-state index contributed by atoms with van der Waals surface area (Å²) in [6.07, 6.45) is 2.30. The zero-order chi connectivity index (χ0) is 19.7. The number of thioether (sulfide) groups is 1. The molecular formula is C20H20N4O2S2. The molecule has 144 valence electrons. The Morgan fingerprint density at radius 3 is 2.68 bits per heavy atom. The molecule has 0 saturated carbocycles. The normalized spacial score (nSPS) is 16.0. The Balaban J connectivity index is 1.42. The van der Waals surface area contributed by atoms with Crippen molar-refractivity contribution in [2.75, 3.05) is 12.3 Å². The number of hydrogen-bond acceptors (Lipinski definition) is 6. The van der Waals surface area contributed by atoms with Crippen molar-refractivity contribution in [3.8, 4) is 10.4 Å². The van der Waals surface area contributed by atoms with Gasteiger partial charge >= 0.3 is 6.03 Å². The molecule has 0 bridgehead atoms. The standard InChI is InChI=1S/C20H20N4O2S2/c1-20(2)18(25)24(19(26)23-20)9-6-10-27-16-14-11-15(13-7-4-3-5-8-13)28-17(14)22-12-21-16/h3-5,7-8,11-12H,6,9-10H2,1-2H3,(H,23,26). The molecular weight excluding hydrogens is 392 g/mol. The summed E-state index contributed by atoms with van der Waals surface area (Å²) >= 11 is 3.28. The number of carbonyl (C=O) groups excluding carboxylic acids is 2. The van der Waals surface area contributed by atoms with E-state index in [1.807, 2.05) is 18.2 Å². The fraction of sp³-hybridized carbons (Fsp3) is 0.300. The number of aromatic nitrogens is 2. The van der Waals surface area contributed by atoms with Crippen molar-refractivity contribution in [1.29, 1.82) is 0 Å². The number of rotatable bonds is 6. The van der Waals surface area contributed by atoms with E-state index in [-0.39, 0.29) is 11.9 Å². The fourth-order valence-corrected chi connectivity index (χ4v) is 5.07. The summed E-state index contributed by atoms with van der Waals surface area (Å²) in [7, 11) is 0. The van der Waals surface area contributed by atoms with Gasteiger partial charge in [0, 0.05) is 22.6 Å². The Kier molecular flexibility index (Phi) is 5.07. The van der Waals surface area contributed by atoms with E-state index in [2.05, 4.69) is 33.5 Å². The Hall–Kier alpha value is -2.45. The minimum Gasteiger partial charge on any atom is -0.324 e. The number of nitrogens with one attached hydrogen (secondary N) is 1. The third kappa shape index (κ3) is 3.62. The van der Waals surface area contributed by atoms with Gasteiger partial charge < -0.3 is 5.32 Å². The lowest BCUT2D eigenvalue weighted by molar-refractivity contribution is -0.130. The van der Waals surface area contributed by atoms with E-state index in [1.165, 1.54) is 15.3 Å². The van der Waals surface area contributed by atoms with Gasteiger partial charge in [0.05, 0.1) is 0 Å². The predicted molar refractivity (Wildman–Crippen MR) is 113 cm³/mol. The van der Waals surface area contributed by atoms with Crippen molar-refractivity contribution in [2.24, 2.45) is 0 Å². The first-order valence-corrected chi connectivity index (χ1v) is 10.8. The number of carbonyl (C=O) groups is 2. The lowest BCUT2D eigenvalue weighted by Gasteiger charge is -2.15. The van der Waals surface area contributed by atoms with Crippen molar-refractivity contribution in [3.05, 3.63) is 42.7 Å². The quantitative estimate of drug-likeness (QED) is 0.285. The molecule has 1 aromatic carbocycles. The maximum absolute atomic E-state index is 12.2. The highest BCUT2D eigenvalue weighted by Crippen LogP contribution is 2.36. The van der Waals surface area contributed by atoms with Crippen molar-refractivity contribution in [3.63, 3.8) is 0 Å². The molecule has 2 aromatic heterocycles. The first-order valence-electron chi connectivity index (χ1n) is 9.02. The zero-order valence-electron chi connectivity index (χ0n) is 15.6. The highest BCUT2D eigenvalue weighted by atomic mass is 32.2. The topological polar surface area (TPSA) is 75.2 Å². The van der Waals surface area contributed by atoms with Crippen molar-refractivity contribution < 1.29 is 9.59 Å². The van der Waals surface area contributed by atoms with Gasteiger partial charge in [-0.05, 0) is 31.9 Å². The van der Waals surface area contributed by atoms with E-state index in [9.17, 15) is 9.59 Å². The molecule has 3 amide bonds. The molecule has 28 heavy (non-hydrogen) atoms. The van der Waals surface area contributed by atoms with Crippen LogP contribution in [-0.4, -0.2) is 44.6 Å². The summed E-state index contributed by atoms with van der Waals surface area (Å²) in [6.45, 7) is 3.86. The Labute approximate surface area is 171 Å². The molecule has 0 radical (unpaired) electrons. The minimum absolute atomic E-state index is 0.169. The van der Waals surface area contributed by atoms with Crippen LogP contribution in [0.1, 0.15) is 20.3 Å². The summed E-state index contributed by atoms with van der Waals surface area (Å²) in [4.78, 5) is 36.4. The summed E-state index contributed by atoms with van der Waals surface area (Å²) in [5, 5.41) is 4.69. The molecule has 1 saturated heterocycles. The van der Waals surface area contributed by atoms with Crippen LogP contribution in [0.3, 0.4) is 0 Å². The Bertz CT molecular complexity index is 1030. The van der Waals surface area contributed by atoms with Crippen LogP contribution in [0.25, 0.3) is 20.7 Å². The monoisotopic (exact) mass is 412 g/mol. The van der Waals surface area contributed by atoms with Gasteiger partial charge in [-0.3, -0.25) is 9.69 Å². The molecule has 1 aliphatic heterocycles. The van der Waals surface area contributed by atoms with E-state index in [4.69, 9.17) is 0 Å². The molecule has 0 atom stereocenters. The molecule has 3 heterocycles. The third-order valence-corrected chi connectivity index (χ3v) is 6.74. The maximum atomic E-state index is 12.2. The van der Waals surface area contributed by atoms with Crippen LogP contribution in [0.4, 0.5) is 4.79 Å². The Morgan fingerprint density at radius 2 is 1.96 bits per heavy atom. The minimum atomic E-state index is -0.812. The van der Waals surface area contributed by atoms with Gasteiger partial charge in [-0.25, -0.2) is 14.8 Å². The van der Waals surface area contributed by atoms with Gasteiger partial charge in [-0.2, -0.15) is 0 Å². The van der Waals surface area contributed by atoms with Gasteiger partial charge in [0.1, 0.15) is 21.7 Å². The number of hydrogen-bond donors (Lipinski definition) is 1. The molecule has 4 rings (SSSR count). The van der Waals surface area contributed by atoms with Crippen LogP contribution >= 0.6 is 23.1 Å². The van der Waals surface area contributed by atoms with Crippen molar-refractivity contribution in [1.82, 2.24) is 20.2 Å². The maximum Gasteiger partial charge on any atom is 0.325 e. The van der Waals surface area contributed by atoms with Crippen LogP contribution in [0.5, 0.6) is 0 Å². The molecule has 0 unspecified atom stereocenters. The summed E-state index contributed by atoms with van der Waals surface area (Å²) in [5.41, 5.74) is 0.357. The lowest BCUT2D eigenvalue weighted by Crippen LogP contribution is -2.40. The largest absolute Gasteiger partial charge is 0.325 e. The number of fused-ring (bicyclic) bond motifs is 1. The third-order valence-electron chi connectivity index (χ3n) is 4.56. The second-order valence-electron chi connectivity index (χ2n) is 7.09. The second-order valence-corrected chi connectivity index (χ2v) is 9.20. The van der Waals surface area contributed by atoms with Gasteiger partial charge in [0.15, 0.2) is 0 Å². The molecule has 0 aliphatic carbocycles. The number of benzene rings is 1. The summed E-state index contributed by atoms with van der Waals surface area (Å²) in [5.74, 6) is 0.595. The highest BCUT2D eigenvalue weighted by molar-refractivity contribution is 7.99. The molecule has 0 spiro atoms. The van der Waals surface area contributed by atoms with Gasteiger partial charge in [0.2, 0.25) is 0 Å². The Morgan fingerprint density at radius 1 is 1.18 bits per heavy atom. The van der Waals surface area contributed by atoms with Gasteiger partial charge in [-0.1, -0.05) is 30.3 Å². The number of imide groups is 1. The van der Waals surface area contributed by atoms with E-state index in [0.717, 1.165) is 21.0 Å². The van der Waals surface area contributed by atoms with Gasteiger partial charge in [0.25, 0.3) is 5.91 Å². The molecule has 6 nitrogen and oxygen atoms in total. The number of urea groups is 1. The summed E-state index contributed by atoms with van der Waals surface area (Å²) < 4.78 is 0. The van der Waals surface area contributed by atoms with Crippen LogP contribution < -0.4 is 5.32 Å². The zero-order valence-corrected chi connectivity index (χ0v) is 17.3. The summed E-state index contributed by atoms with van der Waals surface area (Å²) in [6, 6.07) is 12.1. The number of amides is 3. The molecule has 1 aliphatic rings. The number of nitrogens with zero attached hydrogens (tertiary/aromatic N) is 3. The van der Waals surface area contributed by atoms with E-state index < -0.39 is 5.54 Å². The fourth-order valence-electron chi connectivity index (χ4n) is 3.11. The average Bonchev–Trinajstić information content (AvgIpc) is 3.20. The molecule has 8 heteroatoms. The van der Waals surface area contributed by atoms with E-state index in [0.29, 0.717) is 13.0 Å². The van der Waals surface area contributed by atoms with Crippen molar-refractivity contribution >= 4 is 45.3 Å².